The minimum atomic E-state index is -0.416. The largest absolute Gasteiger partial charge is 0.381 e. The third-order valence-electron chi connectivity index (χ3n) is 5.02. The van der Waals surface area contributed by atoms with Gasteiger partial charge in [-0.25, -0.2) is 4.99 Å². The quantitative estimate of drug-likeness (QED) is 0.349. The Bertz CT molecular complexity index is 491. The summed E-state index contributed by atoms with van der Waals surface area (Å²) in [6.07, 6.45) is 4.57. The number of guanidine groups is 1. The van der Waals surface area contributed by atoms with E-state index in [1.54, 1.807) is 19.0 Å². The smallest absolute Gasteiger partial charge is 0.243 e. The number of likely N-dealkylation sites (N-methyl/N-ethyl adjacent to an activating group) is 1. The van der Waals surface area contributed by atoms with Crippen molar-refractivity contribution in [3.8, 4) is 0 Å². The van der Waals surface area contributed by atoms with Gasteiger partial charge in [0, 0.05) is 52.2 Å². The maximum atomic E-state index is 11.9. The molecule has 3 fully saturated rings. The molecule has 0 aromatic rings. The summed E-state index contributed by atoms with van der Waals surface area (Å²) in [5.41, 5.74) is 0. The lowest BCUT2D eigenvalue weighted by Crippen LogP contribution is -2.49. The fourth-order valence-corrected chi connectivity index (χ4v) is 3.51. The molecule has 1 atom stereocenters. The van der Waals surface area contributed by atoms with Crippen molar-refractivity contribution in [1.82, 2.24) is 15.5 Å². The number of nitrogens with one attached hydrogen (secondary N) is 2. The van der Waals surface area contributed by atoms with Gasteiger partial charge in [0.25, 0.3) is 0 Å². The number of nitrogens with zero attached hydrogens (tertiary/aromatic N) is 2. The molecule has 2 saturated heterocycles. The molecule has 3 rings (SSSR count). The van der Waals surface area contributed by atoms with Gasteiger partial charge >= 0.3 is 0 Å². The van der Waals surface area contributed by atoms with Crippen LogP contribution in [0.1, 0.15) is 32.1 Å². The monoisotopic (exact) mass is 482 g/mol. The highest BCUT2D eigenvalue weighted by Crippen LogP contribution is 2.37. The third-order valence-corrected chi connectivity index (χ3v) is 5.02. The van der Waals surface area contributed by atoms with Crippen LogP contribution in [0.2, 0.25) is 0 Å². The molecule has 0 aromatic carbocycles. The Labute approximate surface area is 172 Å². The molecule has 1 spiro atoms. The molecule has 1 aliphatic carbocycles. The summed E-state index contributed by atoms with van der Waals surface area (Å²) < 4.78 is 17.0. The lowest BCUT2D eigenvalue weighted by Gasteiger charge is -2.27. The summed E-state index contributed by atoms with van der Waals surface area (Å²) in [4.78, 5) is 17.9. The zero-order valence-corrected chi connectivity index (χ0v) is 18.0. The Morgan fingerprint density at radius 1 is 1.08 bits per heavy atom. The molecule has 1 amide bonds. The van der Waals surface area contributed by atoms with E-state index >= 15 is 0 Å². The second-order valence-corrected chi connectivity index (χ2v) is 7.18. The Morgan fingerprint density at radius 2 is 1.73 bits per heavy atom. The Morgan fingerprint density at radius 3 is 2.38 bits per heavy atom. The molecule has 0 radical (unpaired) electrons. The second kappa shape index (κ2) is 10.0. The molecule has 0 bridgehead atoms. The van der Waals surface area contributed by atoms with Gasteiger partial charge < -0.3 is 29.7 Å². The lowest BCUT2D eigenvalue weighted by atomic mass is 10.1. The Kier molecular flexibility index (Phi) is 8.37. The first-order valence-corrected chi connectivity index (χ1v) is 9.20. The zero-order chi connectivity index (χ0) is 17.7. The highest BCUT2D eigenvalue weighted by Gasteiger charge is 2.44. The first-order chi connectivity index (χ1) is 12.1. The minimum Gasteiger partial charge on any atom is -0.381 e. The van der Waals surface area contributed by atoms with Gasteiger partial charge in [-0.05, 0) is 19.3 Å². The molecule has 3 aliphatic rings. The van der Waals surface area contributed by atoms with Gasteiger partial charge in [0.1, 0.15) is 6.54 Å². The molecule has 0 aromatic heterocycles. The Hall–Kier alpha value is -0.650. The van der Waals surface area contributed by atoms with E-state index in [1.165, 1.54) is 0 Å². The molecule has 2 N–H and O–H groups in total. The van der Waals surface area contributed by atoms with Crippen molar-refractivity contribution >= 4 is 35.8 Å². The summed E-state index contributed by atoms with van der Waals surface area (Å²) in [7, 11) is 3.48. The van der Waals surface area contributed by atoms with Crippen molar-refractivity contribution in [2.75, 3.05) is 47.1 Å². The van der Waals surface area contributed by atoms with Gasteiger partial charge in [0.15, 0.2) is 11.7 Å². The summed E-state index contributed by atoms with van der Waals surface area (Å²) in [5.74, 6) is 0.265. The summed E-state index contributed by atoms with van der Waals surface area (Å²) in [6, 6.07) is 0.558. The second-order valence-electron chi connectivity index (χ2n) is 7.18. The van der Waals surface area contributed by atoms with E-state index in [4.69, 9.17) is 14.2 Å². The fraction of sp³-hybridized carbons (Fsp3) is 0.882. The molecule has 1 unspecified atom stereocenters. The van der Waals surface area contributed by atoms with Crippen LogP contribution in [0.4, 0.5) is 0 Å². The standard InChI is InChI=1S/C17H30N4O4.HI/c1-21(2)15(22)12-18-16(19-13-4-7-23-8-5-13)20-14-3-6-17(11-14)24-9-10-25-17;/h13-14H,3-12H2,1-2H3,(H2,18,19,20);1H. The van der Waals surface area contributed by atoms with Crippen LogP contribution >= 0.6 is 24.0 Å². The number of carbonyl (C=O) groups excluding carboxylic acids is 1. The van der Waals surface area contributed by atoms with Crippen molar-refractivity contribution in [2.45, 2.75) is 50.0 Å². The molecular formula is C17H31IN4O4. The highest BCUT2D eigenvalue weighted by molar-refractivity contribution is 14.0. The van der Waals surface area contributed by atoms with E-state index in [1.807, 2.05) is 0 Å². The summed E-state index contributed by atoms with van der Waals surface area (Å²) in [6.45, 7) is 3.00. The predicted molar refractivity (Wildman–Crippen MR) is 109 cm³/mol. The van der Waals surface area contributed by atoms with Crippen LogP contribution in [-0.2, 0) is 19.0 Å². The predicted octanol–water partition coefficient (Wildman–Crippen LogP) is 0.702. The highest BCUT2D eigenvalue weighted by atomic mass is 127. The third kappa shape index (κ3) is 5.93. The van der Waals surface area contributed by atoms with Crippen molar-refractivity contribution in [3.05, 3.63) is 0 Å². The number of halogens is 1. The van der Waals surface area contributed by atoms with E-state index in [-0.39, 0.29) is 42.5 Å². The van der Waals surface area contributed by atoms with Gasteiger partial charge in [-0.3, -0.25) is 4.79 Å². The van der Waals surface area contributed by atoms with E-state index in [9.17, 15) is 4.79 Å². The average molecular weight is 482 g/mol. The zero-order valence-electron chi connectivity index (χ0n) is 15.7. The molecule has 2 aliphatic heterocycles. The number of hydrogen-bond acceptors (Lipinski definition) is 5. The van der Waals surface area contributed by atoms with Crippen LogP contribution in [0.5, 0.6) is 0 Å². The molecular weight excluding hydrogens is 451 g/mol. The maximum Gasteiger partial charge on any atom is 0.243 e. The Balaban J connectivity index is 0.00000243. The van der Waals surface area contributed by atoms with Gasteiger partial charge in [0.2, 0.25) is 5.91 Å². The van der Waals surface area contributed by atoms with Crippen molar-refractivity contribution in [2.24, 2.45) is 4.99 Å². The first kappa shape index (κ1) is 21.6. The topological polar surface area (TPSA) is 84.4 Å². The molecule has 1 saturated carbocycles. The molecule has 150 valence electrons. The van der Waals surface area contributed by atoms with Crippen LogP contribution in [-0.4, -0.2) is 81.7 Å². The van der Waals surface area contributed by atoms with Gasteiger partial charge in [-0.1, -0.05) is 0 Å². The van der Waals surface area contributed by atoms with Gasteiger partial charge in [-0.15, -0.1) is 24.0 Å². The number of ether oxygens (including phenoxy) is 3. The van der Waals surface area contributed by atoms with Crippen LogP contribution in [0.15, 0.2) is 4.99 Å². The van der Waals surface area contributed by atoms with E-state index in [0.29, 0.717) is 25.2 Å². The summed E-state index contributed by atoms with van der Waals surface area (Å²) in [5, 5.41) is 6.94. The van der Waals surface area contributed by atoms with E-state index in [2.05, 4.69) is 15.6 Å². The van der Waals surface area contributed by atoms with Gasteiger partial charge in [0.05, 0.1) is 13.2 Å². The van der Waals surface area contributed by atoms with Crippen molar-refractivity contribution < 1.29 is 19.0 Å². The van der Waals surface area contributed by atoms with E-state index in [0.717, 1.165) is 45.3 Å². The molecule has 9 heteroatoms. The van der Waals surface area contributed by atoms with Gasteiger partial charge in [-0.2, -0.15) is 0 Å². The maximum absolute atomic E-state index is 11.9. The number of aliphatic imine (C=N–C) groups is 1. The molecule has 2 heterocycles. The SMILES string of the molecule is CN(C)C(=O)CN=C(NC1CCOCC1)NC1CCC2(C1)OCCO2.I. The molecule has 26 heavy (non-hydrogen) atoms. The average Bonchev–Trinajstić information content (AvgIpc) is 3.23. The number of hydrogen-bond donors (Lipinski definition) is 2. The van der Waals surface area contributed by atoms with E-state index < -0.39 is 5.79 Å². The number of carbonyl (C=O) groups is 1. The first-order valence-electron chi connectivity index (χ1n) is 9.20. The number of amides is 1. The van der Waals surface area contributed by atoms with Crippen LogP contribution in [0.3, 0.4) is 0 Å². The minimum absolute atomic E-state index is 0. The van der Waals surface area contributed by atoms with Crippen molar-refractivity contribution in [1.29, 1.82) is 0 Å². The van der Waals surface area contributed by atoms with Crippen LogP contribution in [0, 0.1) is 0 Å². The van der Waals surface area contributed by atoms with Crippen molar-refractivity contribution in [3.63, 3.8) is 0 Å². The summed E-state index contributed by atoms with van der Waals surface area (Å²) >= 11 is 0. The number of rotatable bonds is 4. The lowest BCUT2D eigenvalue weighted by molar-refractivity contribution is -0.151. The molecule has 8 nitrogen and oxygen atoms in total. The van der Waals surface area contributed by atoms with Crippen LogP contribution < -0.4 is 10.6 Å². The van der Waals surface area contributed by atoms with Crippen LogP contribution in [0.25, 0.3) is 0 Å². The normalized spacial score (nSPS) is 25.8. The fourth-order valence-electron chi connectivity index (χ4n) is 3.51.